The molecule has 5 atom stereocenters. The van der Waals surface area contributed by atoms with Crippen molar-refractivity contribution in [2.24, 2.45) is 23.2 Å². The largest absolute Gasteiger partial charge is 0.462 e. The van der Waals surface area contributed by atoms with Crippen molar-refractivity contribution < 1.29 is 13.9 Å². The molecule has 0 radical (unpaired) electrons. The maximum absolute atomic E-state index is 13.0. The van der Waals surface area contributed by atoms with E-state index in [2.05, 4.69) is 18.8 Å². The van der Waals surface area contributed by atoms with Gasteiger partial charge in [-0.2, -0.15) is 0 Å². The minimum absolute atomic E-state index is 0.0351. The van der Waals surface area contributed by atoms with Crippen LogP contribution in [0.2, 0.25) is 0 Å². The van der Waals surface area contributed by atoms with E-state index in [1.165, 1.54) is 30.5 Å². The number of hydrogen-bond acceptors (Lipinski definition) is 3. The normalized spacial score (nSPS) is 35.5. The predicted octanol–water partition coefficient (Wildman–Crippen LogP) is 4.27. The maximum atomic E-state index is 13.0. The SMILES string of the molecule is C=C1CCC[C@]2(C)C[C@H]3OC(=O)[C@H](CNCCc4ccc(F)cc4)[C@H]3C[C@@H]12. The van der Waals surface area contributed by atoms with Crippen molar-refractivity contribution in [2.45, 2.75) is 51.6 Å². The molecule has 1 aromatic carbocycles. The second kappa shape index (κ2) is 7.38. The molecule has 3 fully saturated rings. The van der Waals surface area contributed by atoms with Gasteiger partial charge in [0.15, 0.2) is 0 Å². The zero-order chi connectivity index (χ0) is 19.0. The molecule has 1 aromatic rings. The van der Waals surface area contributed by atoms with Crippen molar-refractivity contribution in [3.8, 4) is 0 Å². The lowest BCUT2D eigenvalue weighted by Gasteiger charge is -2.50. The second-order valence-electron chi connectivity index (χ2n) is 8.98. The number of rotatable bonds is 5. The Labute approximate surface area is 161 Å². The van der Waals surface area contributed by atoms with Gasteiger partial charge in [0.2, 0.25) is 0 Å². The monoisotopic (exact) mass is 371 g/mol. The number of fused-ring (bicyclic) bond motifs is 2. The van der Waals surface area contributed by atoms with Crippen LogP contribution in [0.5, 0.6) is 0 Å². The van der Waals surface area contributed by atoms with Gasteiger partial charge in [-0.3, -0.25) is 4.79 Å². The van der Waals surface area contributed by atoms with E-state index >= 15 is 0 Å². The summed E-state index contributed by atoms with van der Waals surface area (Å²) in [5.41, 5.74) is 2.73. The van der Waals surface area contributed by atoms with Crippen LogP contribution in [0, 0.1) is 29.0 Å². The minimum atomic E-state index is -0.208. The summed E-state index contributed by atoms with van der Waals surface area (Å²) >= 11 is 0. The molecule has 0 bridgehead atoms. The third-order valence-electron chi connectivity index (χ3n) is 7.19. The Morgan fingerprint density at radius 3 is 2.89 bits per heavy atom. The molecular formula is C23H30FNO2. The number of carbonyl (C=O) groups is 1. The standard InChI is InChI=1S/C23H30FNO2/c1-15-4-3-10-23(2)13-21-18(12-20(15)23)19(22(26)27-21)14-25-11-9-16-5-7-17(24)8-6-16/h5-8,18-21,25H,1,3-4,9-14H2,2H3/t18-,19-,20+,21-,23-/m1/s1. The average molecular weight is 371 g/mol. The number of carbonyl (C=O) groups excluding carboxylic acids is 1. The van der Waals surface area contributed by atoms with Crippen LogP contribution < -0.4 is 5.32 Å². The van der Waals surface area contributed by atoms with Gasteiger partial charge in [0, 0.05) is 12.5 Å². The van der Waals surface area contributed by atoms with Gasteiger partial charge in [-0.05, 0) is 74.1 Å². The number of hydrogen-bond donors (Lipinski definition) is 1. The summed E-state index contributed by atoms with van der Waals surface area (Å²) in [5, 5.41) is 3.43. The van der Waals surface area contributed by atoms with E-state index in [0.717, 1.165) is 37.8 Å². The summed E-state index contributed by atoms with van der Waals surface area (Å²) in [6.45, 7) is 8.15. The molecule has 0 unspecified atom stereocenters. The number of allylic oxidation sites excluding steroid dienone is 1. The Morgan fingerprint density at radius 2 is 2.11 bits per heavy atom. The highest BCUT2D eigenvalue weighted by molar-refractivity contribution is 5.75. The summed E-state index contributed by atoms with van der Waals surface area (Å²) in [6.07, 6.45) is 6.49. The fourth-order valence-corrected chi connectivity index (χ4v) is 5.63. The molecule has 2 saturated carbocycles. The molecule has 2 aliphatic carbocycles. The Kier molecular flexibility index (Phi) is 5.11. The zero-order valence-corrected chi connectivity index (χ0v) is 16.2. The molecule has 3 aliphatic rings. The smallest absolute Gasteiger partial charge is 0.310 e. The average Bonchev–Trinajstić information content (AvgIpc) is 2.92. The topological polar surface area (TPSA) is 38.3 Å². The minimum Gasteiger partial charge on any atom is -0.462 e. The van der Waals surface area contributed by atoms with E-state index in [1.807, 2.05) is 12.1 Å². The number of benzene rings is 1. The lowest BCUT2D eigenvalue weighted by molar-refractivity contribution is -0.146. The highest BCUT2D eigenvalue weighted by Crippen LogP contribution is 2.56. The van der Waals surface area contributed by atoms with E-state index in [-0.39, 0.29) is 29.2 Å². The Balaban J connectivity index is 1.34. The van der Waals surface area contributed by atoms with Gasteiger partial charge in [0.25, 0.3) is 0 Å². The molecule has 4 heteroatoms. The van der Waals surface area contributed by atoms with Crippen LogP contribution in [-0.4, -0.2) is 25.2 Å². The van der Waals surface area contributed by atoms with Gasteiger partial charge >= 0.3 is 5.97 Å². The van der Waals surface area contributed by atoms with Gasteiger partial charge < -0.3 is 10.1 Å². The summed E-state index contributed by atoms with van der Waals surface area (Å²) in [7, 11) is 0. The van der Waals surface area contributed by atoms with Gasteiger partial charge in [-0.15, -0.1) is 0 Å². The third kappa shape index (κ3) is 3.69. The first-order valence-electron chi connectivity index (χ1n) is 10.3. The zero-order valence-electron chi connectivity index (χ0n) is 16.2. The quantitative estimate of drug-likeness (QED) is 0.477. The van der Waals surface area contributed by atoms with E-state index in [0.29, 0.717) is 18.4 Å². The van der Waals surface area contributed by atoms with Crippen molar-refractivity contribution in [3.05, 3.63) is 47.8 Å². The summed E-state index contributed by atoms with van der Waals surface area (Å²) in [4.78, 5) is 12.5. The fraction of sp³-hybridized carbons (Fsp3) is 0.609. The van der Waals surface area contributed by atoms with Crippen LogP contribution in [0.1, 0.15) is 44.6 Å². The molecule has 1 N–H and O–H groups in total. The fourth-order valence-electron chi connectivity index (χ4n) is 5.63. The summed E-state index contributed by atoms with van der Waals surface area (Å²) in [6, 6.07) is 6.61. The third-order valence-corrected chi connectivity index (χ3v) is 7.19. The molecule has 1 aliphatic heterocycles. The van der Waals surface area contributed by atoms with Crippen molar-refractivity contribution in [2.75, 3.05) is 13.1 Å². The molecule has 27 heavy (non-hydrogen) atoms. The van der Waals surface area contributed by atoms with E-state index < -0.39 is 0 Å². The lowest BCUT2D eigenvalue weighted by Crippen LogP contribution is -2.45. The molecule has 3 nitrogen and oxygen atoms in total. The van der Waals surface area contributed by atoms with Crippen LogP contribution in [-0.2, 0) is 16.0 Å². The van der Waals surface area contributed by atoms with Crippen LogP contribution in [0.3, 0.4) is 0 Å². The number of nitrogens with one attached hydrogen (secondary N) is 1. The molecule has 0 aromatic heterocycles. The van der Waals surface area contributed by atoms with Gasteiger partial charge in [0.1, 0.15) is 11.9 Å². The first kappa shape index (κ1) is 18.7. The van der Waals surface area contributed by atoms with E-state index in [9.17, 15) is 9.18 Å². The highest BCUT2D eigenvalue weighted by Gasteiger charge is 2.54. The van der Waals surface area contributed by atoms with Crippen LogP contribution >= 0.6 is 0 Å². The molecule has 0 amide bonds. The van der Waals surface area contributed by atoms with Crippen LogP contribution in [0.15, 0.2) is 36.4 Å². The van der Waals surface area contributed by atoms with Crippen molar-refractivity contribution in [3.63, 3.8) is 0 Å². The van der Waals surface area contributed by atoms with Crippen molar-refractivity contribution in [1.82, 2.24) is 5.32 Å². The number of ether oxygens (including phenoxy) is 1. The van der Waals surface area contributed by atoms with Crippen molar-refractivity contribution in [1.29, 1.82) is 0 Å². The Hall–Kier alpha value is -1.68. The summed E-state index contributed by atoms with van der Waals surface area (Å²) < 4.78 is 18.8. The second-order valence-corrected chi connectivity index (χ2v) is 8.98. The Morgan fingerprint density at radius 1 is 1.33 bits per heavy atom. The molecule has 0 spiro atoms. The van der Waals surface area contributed by atoms with Crippen LogP contribution in [0.4, 0.5) is 4.39 Å². The van der Waals surface area contributed by atoms with Crippen LogP contribution in [0.25, 0.3) is 0 Å². The maximum Gasteiger partial charge on any atom is 0.310 e. The first-order chi connectivity index (χ1) is 13.0. The molecule has 146 valence electrons. The molecule has 1 heterocycles. The van der Waals surface area contributed by atoms with Crippen molar-refractivity contribution >= 4 is 5.97 Å². The van der Waals surface area contributed by atoms with E-state index in [4.69, 9.17) is 4.74 Å². The highest BCUT2D eigenvalue weighted by atomic mass is 19.1. The molecule has 1 saturated heterocycles. The van der Waals surface area contributed by atoms with Gasteiger partial charge in [-0.1, -0.05) is 31.2 Å². The predicted molar refractivity (Wildman–Crippen MR) is 104 cm³/mol. The van der Waals surface area contributed by atoms with Gasteiger partial charge in [-0.25, -0.2) is 4.39 Å². The Bertz CT molecular complexity index is 716. The molecular weight excluding hydrogens is 341 g/mol. The number of esters is 1. The number of halogens is 1. The summed E-state index contributed by atoms with van der Waals surface area (Å²) in [5.74, 6) is 0.544. The van der Waals surface area contributed by atoms with E-state index in [1.54, 1.807) is 0 Å². The molecule has 4 rings (SSSR count). The van der Waals surface area contributed by atoms with Gasteiger partial charge in [0.05, 0.1) is 5.92 Å². The first-order valence-corrected chi connectivity index (χ1v) is 10.3. The lowest BCUT2D eigenvalue weighted by atomic mass is 9.55.